The molecule has 224 valence electrons. The van der Waals surface area contributed by atoms with Crippen molar-refractivity contribution in [2.45, 2.75) is 69.5 Å². The summed E-state index contributed by atoms with van der Waals surface area (Å²) in [5, 5.41) is 0. The highest BCUT2D eigenvalue weighted by atomic mass is 16.6. The van der Waals surface area contributed by atoms with Gasteiger partial charge in [0.1, 0.15) is 23.4 Å². The van der Waals surface area contributed by atoms with Crippen LogP contribution in [-0.2, 0) is 28.5 Å². The van der Waals surface area contributed by atoms with E-state index >= 15 is 0 Å². The summed E-state index contributed by atoms with van der Waals surface area (Å²) < 4.78 is 29.9. The van der Waals surface area contributed by atoms with Gasteiger partial charge in [0.05, 0.1) is 31.8 Å². The van der Waals surface area contributed by atoms with Crippen molar-refractivity contribution >= 4 is 12.0 Å². The summed E-state index contributed by atoms with van der Waals surface area (Å²) in [6.45, 7) is 13.2. The zero-order valence-corrected chi connectivity index (χ0v) is 24.8. The summed E-state index contributed by atoms with van der Waals surface area (Å²) in [7, 11) is 3.60. The number of carbonyl (C=O) groups excluding carboxylic acids is 2. The molecule has 2 aliphatic carbocycles. The minimum Gasteiger partial charge on any atom is -0.443 e. The molecule has 1 unspecified atom stereocenters. The minimum absolute atomic E-state index is 0.00842. The van der Waals surface area contributed by atoms with Gasteiger partial charge in [-0.15, -0.1) is 0 Å². The maximum Gasteiger partial charge on any atom is 0.410 e. The van der Waals surface area contributed by atoms with E-state index in [1.165, 1.54) is 5.57 Å². The molecule has 10 nitrogen and oxygen atoms in total. The first-order chi connectivity index (χ1) is 19.2. The van der Waals surface area contributed by atoms with Crippen molar-refractivity contribution < 1.29 is 33.3 Å². The number of epoxide rings is 2. The van der Waals surface area contributed by atoms with Gasteiger partial charge in [-0.25, -0.2) is 4.79 Å². The number of ether oxygens (including phenoxy) is 5. The maximum atomic E-state index is 13.3. The molecule has 1 spiro atoms. The van der Waals surface area contributed by atoms with Crippen molar-refractivity contribution in [3.05, 3.63) is 11.6 Å². The Morgan fingerprint density at radius 2 is 1.85 bits per heavy atom. The summed E-state index contributed by atoms with van der Waals surface area (Å²) in [5.41, 5.74) is 0.681. The highest BCUT2D eigenvalue weighted by molar-refractivity contribution is 5.83. The van der Waals surface area contributed by atoms with Crippen molar-refractivity contribution in [3.63, 3.8) is 0 Å². The fourth-order valence-electron chi connectivity index (χ4n) is 7.80. The topological polar surface area (TPSA) is 96.6 Å². The molecule has 0 aromatic carbocycles. The largest absolute Gasteiger partial charge is 0.443 e. The number of likely N-dealkylation sites (N-methyl/N-ethyl adjacent to an activating group) is 1. The lowest BCUT2D eigenvalue weighted by Gasteiger charge is -2.43. The number of allylic oxidation sites excluding steroid dienone is 1. The van der Waals surface area contributed by atoms with E-state index in [0.29, 0.717) is 26.1 Å². The number of hydrogen-bond donors (Lipinski definition) is 0. The zero-order chi connectivity index (χ0) is 28.2. The number of nitrogens with zero attached hydrogens (tertiary/aromatic N) is 3. The zero-order valence-electron chi connectivity index (χ0n) is 24.8. The van der Waals surface area contributed by atoms with Crippen molar-refractivity contribution in [1.29, 1.82) is 0 Å². The van der Waals surface area contributed by atoms with Crippen LogP contribution in [0.5, 0.6) is 0 Å². The first kappa shape index (κ1) is 28.4. The number of likely N-dealkylation sites (tertiary alicyclic amines) is 1. The molecule has 4 heterocycles. The highest BCUT2D eigenvalue weighted by Gasteiger charge is 2.72. The fourth-order valence-corrected chi connectivity index (χ4v) is 7.80. The Morgan fingerprint density at radius 3 is 2.48 bits per heavy atom. The van der Waals surface area contributed by atoms with Crippen molar-refractivity contribution in [1.82, 2.24) is 14.7 Å². The summed E-state index contributed by atoms with van der Waals surface area (Å²) in [4.78, 5) is 32.4. The third kappa shape index (κ3) is 5.30. The van der Waals surface area contributed by atoms with Gasteiger partial charge in [-0.3, -0.25) is 9.69 Å². The minimum atomic E-state index is -0.356. The van der Waals surface area contributed by atoms with Crippen LogP contribution in [-0.4, -0.2) is 129 Å². The normalized spacial score (nSPS) is 41.8. The number of carbonyl (C=O) groups is 2. The summed E-state index contributed by atoms with van der Waals surface area (Å²) >= 11 is 0. The predicted octanol–water partition coefficient (Wildman–Crippen LogP) is 2.17. The molecular weight excluding hydrogens is 514 g/mol. The van der Waals surface area contributed by atoms with Crippen LogP contribution in [0.4, 0.5) is 4.79 Å². The molecule has 6 fully saturated rings. The number of fused-ring (bicyclic) bond motifs is 1. The summed E-state index contributed by atoms with van der Waals surface area (Å²) in [6, 6.07) is 0. The molecule has 10 heteroatoms. The Morgan fingerprint density at radius 1 is 1.15 bits per heavy atom. The van der Waals surface area contributed by atoms with Crippen LogP contribution in [0.3, 0.4) is 0 Å². The standard InChI is InChI=1S/C30H47N3O7/c1-19(2)6-7-23-29(3,40-23)26-25(36-5)22(8-9-30(26)18-38-30)39-28(35)33-16-20-21(17-33)24(20)27(34)31(4)10-11-32-12-14-37-15-13-32/h6,20-26H,7-18H2,1-5H3/t20-,21+,22-,23-,24?,25-,26-,29+,30+/m1/s1. The van der Waals surface area contributed by atoms with E-state index < -0.39 is 0 Å². The Kier molecular flexibility index (Phi) is 7.70. The molecule has 40 heavy (non-hydrogen) atoms. The van der Waals surface area contributed by atoms with Gasteiger partial charge in [-0.2, -0.15) is 0 Å². The Hall–Kier alpha value is -1.72. The number of rotatable bonds is 9. The molecule has 0 aromatic heterocycles. The molecule has 0 bridgehead atoms. The SMILES string of the molecule is CO[C@@H]1[C@H](OC(=O)N2C[C@@H]3C(C(=O)N(C)CCN4CCOCC4)[C@@H]3C2)CC[C@]2(CO2)[C@H]1[C@@]1(C)O[C@@H]1CC=C(C)C. The molecule has 4 aliphatic heterocycles. The molecule has 2 saturated carbocycles. The van der Waals surface area contributed by atoms with Crippen LogP contribution in [0.15, 0.2) is 11.6 Å². The monoisotopic (exact) mass is 561 g/mol. The second kappa shape index (κ2) is 10.8. The number of morpholine rings is 1. The predicted molar refractivity (Wildman–Crippen MR) is 147 cm³/mol. The van der Waals surface area contributed by atoms with Gasteiger partial charge in [0, 0.05) is 59.3 Å². The van der Waals surface area contributed by atoms with Crippen LogP contribution in [0.25, 0.3) is 0 Å². The van der Waals surface area contributed by atoms with Crippen molar-refractivity contribution in [2.24, 2.45) is 23.7 Å². The van der Waals surface area contributed by atoms with E-state index in [2.05, 4.69) is 31.7 Å². The third-order valence-electron chi connectivity index (χ3n) is 10.5. The van der Waals surface area contributed by atoms with Gasteiger partial charge >= 0.3 is 6.09 Å². The molecule has 2 amide bonds. The van der Waals surface area contributed by atoms with Crippen LogP contribution in [0, 0.1) is 23.7 Å². The molecule has 4 saturated heterocycles. The van der Waals surface area contributed by atoms with Crippen molar-refractivity contribution in [3.8, 4) is 0 Å². The molecule has 9 atom stereocenters. The van der Waals surface area contributed by atoms with E-state index in [1.807, 2.05) is 11.9 Å². The Balaban J connectivity index is 1.00. The molecular formula is C30H47N3O7. The smallest absolute Gasteiger partial charge is 0.410 e. The molecule has 0 N–H and O–H groups in total. The van der Waals surface area contributed by atoms with Gasteiger partial charge in [0.25, 0.3) is 0 Å². The number of methoxy groups -OCH3 is 1. The number of hydrogen-bond acceptors (Lipinski definition) is 8. The first-order valence-electron chi connectivity index (χ1n) is 15.2. The number of piperidine rings is 1. The quantitative estimate of drug-likeness (QED) is 0.312. The van der Waals surface area contributed by atoms with E-state index in [9.17, 15) is 9.59 Å². The average Bonchev–Trinajstić information content (AvgIpc) is 3.91. The van der Waals surface area contributed by atoms with Crippen LogP contribution in [0.1, 0.15) is 40.0 Å². The van der Waals surface area contributed by atoms with Crippen molar-refractivity contribution in [2.75, 3.05) is 73.2 Å². The average molecular weight is 562 g/mol. The molecule has 6 rings (SSSR count). The second-order valence-electron chi connectivity index (χ2n) is 13.3. The first-order valence-corrected chi connectivity index (χ1v) is 15.2. The van der Waals surface area contributed by atoms with Gasteiger partial charge in [0.15, 0.2) is 0 Å². The Bertz CT molecular complexity index is 995. The summed E-state index contributed by atoms with van der Waals surface area (Å²) in [6.07, 6.45) is 3.83. The summed E-state index contributed by atoms with van der Waals surface area (Å²) in [5.74, 6) is 0.720. The molecule has 6 aliphatic rings. The lowest BCUT2D eigenvalue weighted by molar-refractivity contribution is -0.132. The lowest BCUT2D eigenvalue weighted by Crippen LogP contribution is -2.56. The van der Waals surface area contributed by atoms with Crippen LogP contribution < -0.4 is 0 Å². The maximum absolute atomic E-state index is 13.3. The van der Waals surface area contributed by atoms with Crippen LogP contribution >= 0.6 is 0 Å². The third-order valence-corrected chi connectivity index (χ3v) is 10.5. The molecule has 0 radical (unpaired) electrons. The Labute approximate surface area is 238 Å². The van der Waals surface area contributed by atoms with Gasteiger partial charge in [0.2, 0.25) is 5.91 Å². The second-order valence-corrected chi connectivity index (χ2v) is 13.3. The lowest BCUT2D eigenvalue weighted by atomic mass is 9.68. The van der Waals surface area contributed by atoms with Gasteiger partial charge in [-0.05, 0) is 51.9 Å². The molecule has 0 aromatic rings. The van der Waals surface area contributed by atoms with Gasteiger partial charge < -0.3 is 33.5 Å². The van der Waals surface area contributed by atoms with E-state index in [0.717, 1.165) is 52.2 Å². The van der Waals surface area contributed by atoms with E-state index in [-0.39, 0.29) is 65.2 Å². The highest BCUT2D eigenvalue weighted by Crippen LogP contribution is 2.60. The van der Waals surface area contributed by atoms with E-state index in [4.69, 9.17) is 23.7 Å². The van der Waals surface area contributed by atoms with E-state index in [1.54, 1.807) is 12.0 Å². The number of amides is 2. The fraction of sp³-hybridized carbons (Fsp3) is 0.867. The van der Waals surface area contributed by atoms with Crippen LogP contribution in [0.2, 0.25) is 0 Å². The van der Waals surface area contributed by atoms with Gasteiger partial charge in [-0.1, -0.05) is 11.6 Å².